The van der Waals surface area contributed by atoms with Gasteiger partial charge in [0, 0.05) is 18.2 Å². The lowest BCUT2D eigenvalue weighted by Crippen LogP contribution is -2.60. The molecule has 0 saturated carbocycles. The van der Waals surface area contributed by atoms with Crippen LogP contribution in [-0.4, -0.2) is 59.5 Å². The molecule has 6 nitrogen and oxygen atoms in total. The minimum atomic E-state index is -3.13. The van der Waals surface area contributed by atoms with Crippen LogP contribution in [0.1, 0.15) is 13.3 Å². The van der Waals surface area contributed by atoms with Crippen LogP contribution in [0.4, 0.5) is 0 Å². The summed E-state index contributed by atoms with van der Waals surface area (Å²) >= 11 is 0. The van der Waals surface area contributed by atoms with Crippen LogP contribution in [0.2, 0.25) is 65.0 Å². The Morgan fingerprint density at radius 1 is 0.750 bits per heavy atom. The van der Waals surface area contributed by atoms with Crippen molar-refractivity contribution in [3.63, 3.8) is 0 Å². The summed E-state index contributed by atoms with van der Waals surface area (Å²) in [6.07, 6.45) is 0.935. The highest BCUT2D eigenvalue weighted by molar-refractivity contribution is 6.90. The van der Waals surface area contributed by atoms with Crippen LogP contribution < -0.4 is 0 Å². The quantitative estimate of drug-likeness (QED) is 0.155. The van der Waals surface area contributed by atoms with Crippen LogP contribution >= 0.6 is 0 Å². The van der Waals surface area contributed by atoms with Gasteiger partial charge in [-0.2, -0.15) is 0 Å². The first-order valence-corrected chi connectivity index (χ1v) is 22.2. The molecular formula is C18H42O6Si4. The van der Waals surface area contributed by atoms with Gasteiger partial charge in [-0.1, -0.05) is 13.5 Å². The maximum atomic E-state index is 12.5. The highest BCUT2D eigenvalue weighted by Crippen LogP contribution is 2.31. The molecular weight excluding hydrogens is 425 g/mol. The molecule has 0 spiro atoms. The molecule has 0 fully saturated rings. The van der Waals surface area contributed by atoms with Gasteiger partial charge >= 0.3 is 14.8 Å². The van der Waals surface area contributed by atoms with Crippen LogP contribution in [0, 0.1) is 0 Å². The number of carbonyl (C=O) groups excluding carboxylic acids is 1. The largest absolute Gasteiger partial charge is 0.474 e. The fourth-order valence-electron chi connectivity index (χ4n) is 2.45. The van der Waals surface area contributed by atoms with Crippen molar-refractivity contribution < 1.29 is 26.6 Å². The van der Waals surface area contributed by atoms with Crippen molar-refractivity contribution in [1.29, 1.82) is 0 Å². The molecule has 0 unspecified atom stereocenters. The Balaban J connectivity index is 5.41. The van der Waals surface area contributed by atoms with Gasteiger partial charge in [-0.3, -0.25) is 0 Å². The SMILES string of the molecule is C=C(C[Si](O[Si](C)(C)C)(O[Si](C)(C)C)O[Si](C)(C)C)C(=O)OCCOCCC. The van der Waals surface area contributed by atoms with E-state index in [4.69, 9.17) is 21.8 Å². The normalized spacial score (nSPS) is 13.5. The topological polar surface area (TPSA) is 63.2 Å². The summed E-state index contributed by atoms with van der Waals surface area (Å²) in [5.41, 5.74) is 0.344. The minimum Gasteiger partial charge on any atom is -0.460 e. The second-order valence-corrected chi connectivity index (χ2v) is 26.7. The zero-order valence-corrected chi connectivity index (χ0v) is 23.7. The molecule has 0 rings (SSSR count). The predicted octanol–water partition coefficient (Wildman–Crippen LogP) is 5.01. The Labute approximate surface area is 176 Å². The lowest BCUT2D eigenvalue weighted by molar-refractivity contribution is -0.140. The van der Waals surface area contributed by atoms with Crippen molar-refractivity contribution in [2.24, 2.45) is 0 Å². The number of ether oxygens (including phenoxy) is 2. The average molecular weight is 467 g/mol. The first-order chi connectivity index (χ1) is 12.5. The molecule has 0 saturated heterocycles. The molecule has 0 aliphatic carbocycles. The van der Waals surface area contributed by atoms with Crippen LogP contribution in [0.5, 0.6) is 0 Å². The molecule has 0 aromatic carbocycles. The maximum absolute atomic E-state index is 12.5. The van der Waals surface area contributed by atoms with E-state index in [-0.39, 0.29) is 12.7 Å². The van der Waals surface area contributed by atoms with Crippen molar-refractivity contribution in [3.8, 4) is 0 Å². The first-order valence-electron chi connectivity index (χ1n) is 10.0. The van der Waals surface area contributed by atoms with Crippen molar-refractivity contribution in [2.45, 2.75) is 78.3 Å². The van der Waals surface area contributed by atoms with Crippen molar-refractivity contribution >= 4 is 39.7 Å². The van der Waals surface area contributed by atoms with Crippen molar-refractivity contribution in [1.82, 2.24) is 0 Å². The molecule has 0 bridgehead atoms. The third kappa shape index (κ3) is 14.0. The molecule has 166 valence electrons. The Kier molecular flexibility index (Phi) is 11.3. The fourth-order valence-corrected chi connectivity index (χ4v) is 16.8. The Bertz CT molecular complexity index is 465. The summed E-state index contributed by atoms with van der Waals surface area (Å²) < 4.78 is 30.4. The van der Waals surface area contributed by atoms with Crippen LogP contribution in [0.3, 0.4) is 0 Å². The minimum absolute atomic E-state index is 0.213. The number of esters is 1. The number of hydrogen-bond donors (Lipinski definition) is 0. The molecule has 28 heavy (non-hydrogen) atoms. The van der Waals surface area contributed by atoms with Gasteiger partial charge in [-0.05, 0) is 65.3 Å². The van der Waals surface area contributed by atoms with Crippen LogP contribution in [-0.2, 0) is 26.6 Å². The second-order valence-electron chi connectivity index (χ2n) is 9.85. The summed E-state index contributed by atoms with van der Waals surface area (Å²) in [6, 6.07) is 0.264. The zero-order chi connectivity index (χ0) is 22.2. The van der Waals surface area contributed by atoms with E-state index < -0.39 is 39.7 Å². The van der Waals surface area contributed by atoms with Gasteiger partial charge in [-0.15, -0.1) is 0 Å². The summed E-state index contributed by atoms with van der Waals surface area (Å²) in [6.45, 7) is 26.3. The standard InChI is InChI=1S/C18H42O6Si4/c1-12-13-20-14-15-21-18(19)17(2)16-28(22-25(3,4)5,23-26(6,7)8)24-27(9,10)11/h2,12-16H2,1,3-11H3. The third-order valence-electron chi connectivity index (χ3n) is 2.91. The molecule has 0 N–H and O–H groups in total. The van der Waals surface area contributed by atoms with E-state index in [1.54, 1.807) is 0 Å². The highest BCUT2D eigenvalue weighted by atomic mass is 28.5. The number of hydrogen-bond acceptors (Lipinski definition) is 6. The molecule has 0 aromatic rings. The molecule has 0 radical (unpaired) electrons. The van der Waals surface area contributed by atoms with Crippen LogP contribution in [0.15, 0.2) is 12.2 Å². The molecule has 0 atom stereocenters. The molecule has 0 amide bonds. The monoisotopic (exact) mass is 466 g/mol. The molecule has 0 aliphatic heterocycles. The lowest BCUT2D eigenvalue weighted by atomic mass is 10.4. The van der Waals surface area contributed by atoms with Gasteiger partial charge in [0.1, 0.15) is 6.61 Å². The smallest absolute Gasteiger partial charge is 0.460 e. The summed E-state index contributed by atoms with van der Waals surface area (Å²) in [5.74, 6) is -0.436. The average Bonchev–Trinajstić information content (AvgIpc) is 2.40. The number of rotatable bonds is 14. The van der Waals surface area contributed by atoms with Gasteiger partial charge in [0.05, 0.1) is 6.61 Å². The molecule has 0 aromatic heterocycles. The number of carbonyl (C=O) groups is 1. The van der Waals surface area contributed by atoms with Gasteiger partial charge in [0.15, 0.2) is 25.0 Å². The summed E-state index contributed by atoms with van der Waals surface area (Å²) in [7, 11) is -9.11. The van der Waals surface area contributed by atoms with E-state index in [0.29, 0.717) is 18.8 Å². The Hall–Kier alpha value is -0.0825. The van der Waals surface area contributed by atoms with E-state index in [9.17, 15) is 4.79 Å². The zero-order valence-electron chi connectivity index (χ0n) is 19.7. The van der Waals surface area contributed by atoms with Crippen molar-refractivity contribution in [2.75, 3.05) is 19.8 Å². The Morgan fingerprint density at radius 3 is 1.54 bits per heavy atom. The third-order valence-corrected chi connectivity index (χ3v) is 14.9. The van der Waals surface area contributed by atoms with E-state index in [0.717, 1.165) is 6.42 Å². The maximum Gasteiger partial charge on any atom is 0.474 e. The van der Waals surface area contributed by atoms with Gasteiger partial charge in [0.25, 0.3) is 0 Å². The van der Waals surface area contributed by atoms with E-state index in [2.05, 4.69) is 65.5 Å². The van der Waals surface area contributed by atoms with Gasteiger partial charge < -0.3 is 21.8 Å². The van der Waals surface area contributed by atoms with Gasteiger partial charge in [-0.25, -0.2) is 4.79 Å². The molecule has 0 heterocycles. The highest BCUT2D eigenvalue weighted by Gasteiger charge is 2.51. The predicted molar refractivity (Wildman–Crippen MR) is 125 cm³/mol. The Morgan fingerprint density at radius 2 is 1.18 bits per heavy atom. The van der Waals surface area contributed by atoms with E-state index in [1.807, 2.05) is 6.92 Å². The fraction of sp³-hybridized carbons (Fsp3) is 0.833. The molecule has 0 aliphatic rings. The first kappa shape index (κ1) is 27.9. The van der Waals surface area contributed by atoms with E-state index >= 15 is 0 Å². The summed E-state index contributed by atoms with van der Waals surface area (Å²) in [5, 5.41) is 0. The second kappa shape index (κ2) is 11.3. The summed E-state index contributed by atoms with van der Waals surface area (Å²) in [4.78, 5) is 12.5. The molecule has 10 heteroatoms. The van der Waals surface area contributed by atoms with Crippen molar-refractivity contribution in [3.05, 3.63) is 12.2 Å². The van der Waals surface area contributed by atoms with Gasteiger partial charge in [0.2, 0.25) is 0 Å². The lowest BCUT2D eigenvalue weighted by Gasteiger charge is -2.42. The van der Waals surface area contributed by atoms with Crippen LogP contribution in [0.25, 0.3) is 0 Å². The van der Waals surface area contributed by atoms with E-state index in [1.165, 1.54) is 0 Å².